The maximum Gasteiger partial charge on any atom is 0.317 e. The van der Waals surface area contributed by atoms with Gasteiger partial charge in [-0.1, -0.05) is 36.8 Å². The molecule has 0 aromatic heterocycles. The Hall–Kier alpha value is -1.55. The maximum absolute atomic E-state index is 12.1. The number of carbonyl (C=O) groups excluding carboxylic acids is 1. The zero-order valence-corrected chi connectivity index (χ0v) is 12.6. The van der Waals surface area contributed by atoms with Gasteiger partial charge in [0.25, 0.3) is 0 Å². The lowest BCUT2D eigenvalue weighted by Crippen LogP contribution is -2.51. The normalized spacial score (nSPS) is 16.2. The number of amides is 2. The van der Waals surface area contributed by atoms with Gasteiger partial charge >= 0.3 is 6.03 Å². The molecule has 20 heavy (non-hydrogen) atoms. The topological polar surface area (TPSA) is 35.6 Å². The minimum atomic E-state index is 0.0572. The molecule has 0 aliphatic carbocycles. The van der Waals surface area contributed by atoms with E-state index < -0.39 is 0 Å². The molecule has 0 spiro atoms. The van der Waals surface area contributed by atoms with E-state index in [2.05, 4.69) is 48.3 Å². The van der Waals surface area contributed by atoms with Gasteiger partial charge in [-0.3, -0.25) is 4.90 Å². The van der Waals surface area contributed by atoms with Crippen LogP contribution >= 0.6 is 0 Å². The van der Waals surface area contributed by atoms with E-state index in [0.717, 1.165) is 38.3 Å². The molecule has 0 saturated carbocycles. The van der Waals surface area contributed by atoms with Crippen LogP contribution in [0, 0.1) is 6.92 Å². The number of hydrogen-bond donors (Lipinski definition) is 1. The second kappa shape index (κ2) is 7.29. The van der Waals surface area contributed by atoms with Crippen molar-refractivity contribution in [3.63, 3.8) is 0 Å². The van der Waals surface area contributed by atoms with E-state index >= 15 is 0 Å². The van der Waals surface area contributed by atoms with Crippen molar-refractivity contribution < 1.29 is 4.79 Å². The van der Waals surface area contributed by atoms with Crippen LogP contribution in [0.2, 0.25) is 0 Å². The van der Waals surface area contributed by atoms with Gasteiger partial charge in [-0.15, -0.1) is 0 Å². The Morgan fingerprint density at radius 1 is 1.15 bits per heavy atom. The highest BCUT2D eigenvalue weighted by atomic mass is 16.2. The van der Waals surface area contributed by atoms with Crippen molar-refractivity contribution in [3.8, 4) is 0 Å². The Bertz CT molecular complexity index is 422. The van der Waals surface area contributed by atoms with Crippen molar-refractivity contribution in [1.82, 2.24) is 15.1 Å². The predicted octanol–water partition coefficient (Wildman–Crippen LogP) is 2.23. The Labute approximate surface area is 121 Å². The quantitative estimate of drug-likeness (QED) is 0.914. The fraction of sp³-hybridized carbons (Fsp3) is 0.562. The first-order valence-corrected chi connectivity index (χ1v) is 7.49. The zero-order valence-electron chi connectivity index (χ0n) is 12.6. The molecule has 4 nitrogen and oxygen atoms in total. The molecule has 1 N–H and O–H groups in total. The molecule has 1 saturated heterocycles. The van der Waals surface area contributed by atoms with Gasteiger partial charge in [0.1, 0.15) is 0 Å². The van der Waals surface area contributed by atoms with Crippen molar-refractivity contribution in [1.29, 1.82) is 0 Å². The summed E-state index contributed by atoms with van der Waals surface area (Å²) in [7, 11) is 0. The largest absolute Gasteiger partial charge is 0.334 e. The maximum atomic E-state index is 12.1. The summed E-state index contributed by atoms with van der Waals surface area (Å²) in [6.45, 7) is 9.66. The summed E-state index contributed by atoms with van der Waals surface area (Å²) in [5, 5.41) is 3.00. The first-order chi connectivity index (χ1) is 9.69. The Morgan fingerprint density at radius 3 is 2.40 bits per heavy atom. The summed E-state index contributed by atoms with van der Waals surface area (Å²) >= 11 is 0. The van der Waals surface area contributed by atoms with Gasteiger partial charge in [-0.25, -0.2) is 4.79 Å². The first kappa shape index (κ1) is 14.9. The number of hydrogen-bond acceptors (Lipinski definition) is 2. The van der Waals surface area contributed by atoms with Gasteiger partial charge in [-0.05, 0) is 25.5 Å². The molecule has 2 amide bonds. The third-order valence-electron chi connectivity index (χ3n) is 3.76. The molecule has 0 unspecified atom stereocenters. The molecule has 1 aliphatic rings. The minimum Gasteiger partial charge on any atom is -0.334 e. The SMILES string of the molecule is CCCN1CCN(C(=O)NCc2ccc(C)cc2)CC1. The number of aryl methyl sites for hydroxylation is 1. The van der Waals surface area contributed by atoms with Crippen LogP contribution in [0.4, 0.5) is 4.79 Å². The molecule has 1 fully saturated rings. The standard InChI is InChI=1S/C16H25N3O/c1-3-8-18-9-11-19(12-10-18)16(20)17-13-15-6-4-14(2)5-7-15/h4-7H,3,8-13H2,1-2H3,(H,17,20). The Balaban J connectivity index is 1.74. The van der Waals surface area contributed by atoms with E-state index in [1.54, 1.807) is 0 Å². The van der Waals surface area contributed by atoms with Crippen molar-refractivity contribution in [3.05, 3.63) is 35.4 Å². The third kappa shape index (κ3) is 4.23. The molecule has 2 rings (SSSR count). The predicted molar refractivity (Wildman–Crippen MR) is 81.7 cm³/mol. The smallest absolute Gasteiger partial charge is 0.317 e. The fourth-order valence-electron chi connectivity index (χ4n) is 2.49. The monoisotopic (exact) mass is 275 g/mol. The van der Waals surface area contributed by atoms with Crippen LogP contribution in [-0.4, -0.2) is 48.6 Å². The van der Waals surface area contributed by atoms with Crippen LogP contribution in [-0.2, 0) is 6.54 Å². The second-order valence-corrected chi connectivity index (χ2v) is 5.47. The lowest BCUT2D eigenvalue weighted by molar-refractivity contribution is 0.139. The van der Waals surface area contributed by atoms with Crippen LogP contribution in [0.1, 0.15) is 24.5 Å². The van der Waals surface area contributed by atoms with Crippen LogP contribution in [0.15, 0.2) is 24.3 Å². The molecule has 0 bridgehead atoms. The van der Waals surface area contributed by atoms with E-state index in [4.69, 9.17) is 0 Å². The lowest BCUT2D eigenvalue weighted by atomic mass is 10.1. The van der Waals surface area contributed by atoms with Crippen molar-refractivity contribution in [2.45, 2.75) is 26.8 Å². The van der Waals surface area contributed by atoms with Crippen LogP contribution < -0.4 is 5.32 Å². The van der Waals surface area contributed by atoms with Gasteiger partial charge in [0.05, 0.1) is 0 Å². The highest BCUT2D eigenvalue weighted by molar-refractivity contribution is 5.74. The summed E-state index contributed by atoms with van der Waals surface area (Å²) in [6, 6.07) is 8.33. The summed E-state index contributed by atoms with van der Waals surface area (Å²) in [5.41, 5.74) is 2.39. The fourth-order valence-corrected chi connectivity index (χ4v) is 2.49. The van der Waals surface area contributed by atoms with E-state index in [-0.39, 0.29) is 6.03 Å². The summed E-state index contributed by atoms with van der Waals surface area (Å²) < 4.78 is 0. The van der Waals surface area contributed by atoms with Crippen molar-refractivity contribution >= 4 is 6.03 Å². The molecule has 1 aromatic carbocycles. The number of carbonyl (C=O) groups is 1. The number of nitrogens with zero attached hydrogens (tertiary/aromatic N) is 2. The number of rotatable bonds is 4. The van der Waals surface area contributed by atoms with E-state index in [1.165, 1.54) is 12.0 Å². The summed E-state index contributed by atoms with van der Waals surface area (Å²) in [4.78, 5) is 16.4. The van der Waals surface area contributed by atoms with Crippen LogP contribution in [0.5, 0.6) is 0 Å². The number of benzene rings is 1. The van der Waals surface area contributed by atoms with Crippen molar-refractivity contribution in [2.75, 3.05) is 32.7 Å². The lowest BCUT2D eigenvalue weighted by Gasteiger charge is -2.34. The van der Waals surface area contributed by atoms with Crippen molar-refractivity contribution in [2.24, 2.45) is 0 Å². The third-order valence-corrected chi connectivity index (χ3v) is 3.76. The number of nitrogens with one attached hydrogen (secondary N) is 1. The Morgan fingerprint density at radius 2 is 1.80 bits per heavy atom. The summed E-state index contributed by atoms with van der Waals surface area (Å²) in [5.74, 6) is 0. The van der Waals surface area contributed by atoms with Gasteiger partial charge < -0.3 is 10.2 Å². The van der Waals surface area contributed by atoms with Gasteiger partial charge in [0.2, 0.25) is 0 Å². The van der Waals surface area contributed by atoms with Crippen LogP contribution in [0.3, 0.4) is 0 Å². The van der Waals surface area contributed by atoms with E-state index in [1.807, 2.05) is 4.90 Å². The zero-order chi connectivity index (χ0) is 14.4. The molecule has 0 radical (unpaired) electrons. The minimum absolute atomic E-state index is 0.0572. The average molecular weight is 275 g/mol. The molecule has 4 heteroatoms. The van der Waals surface area contributed by atoms with Gasteiger partial charge in [0, 0.05) is 32.7 Å². The molecule has 1 heterocycles. The highest BCUT2D eigenvalue weighted by Crippen LogP contribution is 2.05. The highest BCUT2D eigenvalue weighted by Gasteiger charge is 2.19. The molecule has 110 valence electrons. The molecular weight excluding hydrogens is 250 g/mol. The first-order valence-electron chi connectivity index (χ1n) is 7.49. The van der Waals surface area contributed by atoms with Gasteiger partial charge in [-0.2, -0.15) is 0 Å². The second-order valence-electron chi connectivity index (χ2n) is 5.47. The number of piperazine rings is 1. The average Bonchev–Trinajstić information content (AvgIpc) is 2.47. The molecule has 1 aromatic rings. The summed E-state index contributed by atoms with van der Waals surface area (Å²) in [6.07, 6.45) is 1.18. The molecule has 1 aliphatic heterocycles. The van der Waals surface area contributed by atoms with E-state index in [0.29, 0.717) is 6.54 Å². The Kier molecular flexibility index (Phi) is 5.41. The van der Waals surface area contributed by atoms with Crippen LogP contribution in [0.25, 0.3) is 0 Å². The molecular formula is C16H25N3O. The molecule has 0 atom stereocenters. The van der Waals surface area contributed by atoms with Gasteiger partial charge in [0.15, 0.2) is 0 Å². The van der Waals surface area contributed by atoms with E-state index in [9.17, 15) is 4.79 Å². The number of urea groups is 1.